The quantitative estimate of drug-likeness (QED) is 0.931. The number of aromatic nitrogens is 3. The molecule has 1 aromatic carbocycles. The van der Waals surface area contributed by atoms with Crippen molar-refractivity contribution in [2.75, 3.05) is 12.3 Å². The van der Waals surface area contributed by atoms with Gasteiger partial charge in [-0.2, -0.15) is 15.0 Å². The molecule has 0 aliphatic carbocycles. The summed E-state index contributed by atoms with van der Waals surface area (Å²) in [5, 5.41) is 0. The Hall–Kier alpha value is -2.31. The summed E-state index contributed by atoms with van der Waals surface area (Å²) in [6.07, 6.45) is 0.744. The summed E-state index contributed by atoms with van der Waals surface area (Å²) in [7, 11) is 0. The van der Waals surface area contributed by atoms with Crippen LogP contribution in [0, 0.1) is 18.6 Å². The van der Waals surface area contributed by atoms with Gasteiger partial charge in [-0.15, -0.1) is 0 Å². The monoisotopic (exact) mass is 280 g/mol. The molecule has 2 rings (SSSR count). The van der Waals surface area contributed by atoms with Crippen molar-refractivity contribution in [3.8, 4) is 17.4 Å². The minimum Gasteiger partial charge on any atom is -0.463 e. The second-order valence-electron chi connectivity index (χ2n) is 4.20. The van der Waals surface area contributed by atoms with E-state index in [0.29, 0.717) is 6.61 Å². The molecule has 2 N–H and O–H groups in total. The molecule has 2 aromatic rings. The van der Waals surface area contributed by atoms with E-state index < -0.39 is 11.6 Å². The summed E-state index contributed by atoms with van der Waals surface area (Å²) in [6, 6.07) is 2.45. The van der Waals surface area contributed by atoms with Gasteiger partial charge in [0.1, 0.15) is 11.6 Å². The smallest absolute Gasteiger partial charge is 0.321 e. The SMILES string of the molecule is CCCOc1nc(N)nc(-c2c(F)ccc(C)c2F)n1. The van der Waals surface area contributed by atoms with Crippen LogP contribution < -0.4 is 10.5 Å². The number of hydrogen-bond donors (Lipinski definition) is 1. The number of rotatable bonds is 4. The van der Waals surface area contributed by atoms with Gasteiger partial charge in [0, 0.05) is 0 Å². The van der Waals surface area contributed by atoms with Crippen LogP contribution in [0.25, 0.3) is 11.4 Å². The Morgan fingerprint density at radius 1 is 1.20 bits per heavy atom. The topological polar surface area (TPSA) is 73.9 Å². The van der Waals surface area contributed by atoms with Gasteiger partial charge in [0.05, 0.1) is 12.2 Å². The van der Waals surface area contributed by atoms with E-state index in [0.717, 1.165) is 12.5 Å². The second-order valence-corrected chi connectivity index (χ2v) is 4.20. The highest BCUT2D eigenvalue weighted by atomic mass is 19.1. The van der Waals surface area contributed by atoms with Crippen LogP contribution in [-0.4, -0.2) is 21.6 Å². The van der Waals surface area contributed by atoms with Gasteiger partial charge in [-0.3, -0.25) is 0 Å². The van der Waals surface area contributed by atoms with Crippen LogP contribution in [0.15, 0.2) is 12.1 Å². The second kappa shape index (κ2) is 5.77. The number of hydrogen-bond acceptors (Lipinski definition) is 5. The number of aryl methyl sites for hydroxylation is 1. The van der Waals surface area contributed by atoms with Gasteiger partial charge in [-0.05, 0) is 25.0 Å². The van der Waals surface area contributed by atoms with Crippen LogP contribution in [0.1, 0.15) is 18.9 Å². The Kier molecular flexibility index (Phi) is 4.07. The molecule has 0 aliphatic rings. The lowest BCUT2D eigenvalue weighted by molar-refractivity contribution is 0.292. The Morgan fingerprint density at radius 2 is 1.95 bits per heavy atom. The third kappa shape index (κ3) is 2.81. The molecule has 0 spiro atoms. The summed E-state index contributed by atoms with van der Waals surface area (Å²) in [5.41, 5.74) is 5.47. The zero-order chi connectivity index (χ0) is 14.7. The molecule has 0 amide bonds. The molecule has 0 aliphatic heterocycles. The van der Waals surface area contributed by atoms with Crippen LogP contribution in [0.5, 0.6) is 6.01 Å². The number of nitrogens with zero attached hydrogens (tertiary/aromatic N) is 3. The first-order valence-electron chi connectivity index (χ1n) is 6.12. The first-order chi connectivity index (χ1) is 9.52. The van der Waals surface area contributed by atoms with E-state index in [1.807, 2.05) is 6.92 Å². The normalized spacial score (nSPS) is 10.6. The number of anilines is 1. The number of ether oxygens (including phenoxy) is 1. The van der Waals surface area contributed by atoms with Crippen LogP contribution >= 0.6 is 0 Å². The number of nitrogens with two attached hydrogens (primary N) is 1. The maximum atomic E-state index is 14.0. The van der Waals surface area contributed by atoms with Gasteiger partial charge < -0.3 is 10.5 Å². The van der Waals surface area contributed by atoms with Crippen molar-refractivity contribution in [1.82, 2.24) is 15.0 Å². The molecule has 0 saturated heterocycles. The summed E-state index contributed by atoms with van der Waals surface area (Å²) in [6.45, 7) is 3.81. The average molecular weight is 280 g/mol. The predicted octanol–water partition coefficient (Wildman–Crippen LogP) is 2.50. The van der Waals surface area contributed by atoms with Crippen molar-refractivity contribution < 1.29 is 13.5 Å². The summed E-state index contributed by atoms with van der Waals surface area (Å²) >= 11 is 0. The number of halogens is 2. The molecule has 0 atom stereocenters. The minimum absolute atomic E-state index is 0.0466. The van der Waals surface area contributed by atoms with Crippen molar-refractivity contribution in [3.05, 3.63) is 29.3 Å². The molecule has 0 unspecified atom stereocenters. The van der Waals surface area contributed by atoms with Crippen LogP contribution in [0.4, 0.5) is 14.7 Å². The van der Waals surface area contributed by atoms with E-state index in [2.05, 4.69) is 15.0 Å². The van der Waals surface area contributed by atoms with E-state index in [4.69, 9.17) is 10.5 Å². The molecular formula is C13H14F2N4O. The fourth-order valence-corrected chi connectivity index (χ4v) is 1.60. The molecule has 1 aromatic heterocycles. The summed E-state index contributed by atoms with van der Waals surface area (Å²) < 4.78 is 33.1. The van der Waals surface area contributed by atoms with Gasteiger partial charge >= 0.3 is 6.01 Å². The van der Waals surface area contributed by atoms with Gasteiger partial charge in [0.2, 0.25) is 5.95 Å². The maximum Gasteiger partial charge on any atom is 0.321 e. The highest BCUT2D eigenvalue weighted by molar-refractivity contribution is 5.59. The lowest BCUT2D eigenvalue weighted by Gasteiger charge is -2.08. The highest BCUT2D eigenvalue weighted by Crippen LogP contribution is 2.26. The van der Waals surface area contributed by atoms with Crippen molar-refractivity contribution in [2.24, 2.45) is 0 Å². The molecule has 5 nitrogen and oxygen atoms in total. The first kappa shape index (κ1) is 14.1. The van der Waals surface area contributed by atoms with Crippen LogP contribution in [0.3, 0.4) is 0 Å². The lowest BCUT2D eigenvalue weighted by atomic mass is 10.1. The van der Waals surface area contributed by atoms with Crippen LogP contribution in [-0.2, 0) is 0 Å². The molecule has 0 saturated carbocycles. The summed E-state index contributed by atoms with van der Waals surface area (Å²) in [4.78, 5) is 11.4. The van der Waals surface area contributed by atoms with E-state index in [-0.39, 0.29) is 28.9 Å². The fraction of sp³-hybridized carbons (Fsp3) is 0.308. The fourth-order valence-electron chi connectivity index (χ4n) is 1.60. The molecule has 7 heteroatoms. The van der Waals surface area contributed by atoms with Gasteiger partial charge in [-0.1, -0.05) is 13.0 Å². The Labute approximate surface area is 114 Å². The van der Waals surface area contributed by atoms with Crippen molar-refractivity contribution >= 4 is 5.95 Å². The lowest BCUT2D eigenvalue weighted by Crippen LogP contribution is -2.07. The molecule has 20 heavy (non-hydrogen) atoms. The molecule has 0 radical (unpaired) electrons. The summed E-state index contributed by atoms with van der Waals surface area (Å²) in [5.74, 6) is -1.82. The number of nitrogen functional groups attached to an aromatic ring is 1. The van der Waals surface area contributed by atoms with Gasteiger partial charge in [0.15, 0.2) is 5.82 Å². The molecule has 0 fully saturated rings. The average Bonchev–Trinajstić information content (AvgIpc) is 2.41. The predicted molar refractivity (Wildman–Crippen MR) is 70.1 cm³/mol. The molecule has 0 bridgehead atoms. The zero-order valence-corrected chi connectivity index (χ0v) is 11.2. The third-order valence-corrected chi connectivity index (χ3v) is 2.58. The van der Waals surface area contributed by atoms with E-state index in [1.165, 1.54) is 13.0 Å². The molecule has 1 heterocycles. The van der Waals surface area contributed by atoms with Crippen LogP contribution in [0.2, 0.25) is 0 Å². The van der Waals surface area contributed by atoms with Gasteiger partial charge in [-0.25, -0.2) is 8.78 Å². The molecule has 106 valence electrons. The first-order valence-corrected chi connectivity index (χ1v) is 6.12. The van der Waals surface area contributed by atoms with E-state index >= 15 is 0 Å². The van der Waals surface area contributed by atoms with E-state index in [1.54, 1.807) is 0 Å². The van der Waals surface area contributed by atoms with E-state index in [9.17, 15) is 8.78 Å². The van der Waals surface area contributed by atoms with Crippen molar-refractivity contribution in [3.63, 3.8) is 0 Å². The zero-order valence-electron chi connectivity index (χ0n) is 11.2. The Morgan fingerprint density at radius 3 is 2.65 bits per heavy atom. The largest absolute Gasteiger partial charge is 0.463 e. The standard InChI is InChI=1S/C13H14F2N4O/c1-3-6-20-13-18-11(17-12(16)19-13)9-8(14)5-4-7(2)10(9)15/h4-5H,3,6H2,1-2H3,(H2,16,17,18,19). The van der Waals surface area contributed by atoms with Crippen molar-refractivity contribution in [1.29, 1.82) is 0 Å². The van der Waals surface area contributed by atoms with Gasteiger partial charge in [0.25, 0.3) is 0 Å². The minimum atomic E-state index is -0.764. The Bertz CT molecular complexity index is 634. The Balaban J connectivity index is 2.52. The van der Waals surface area contributed by atoms with Crippen molar-refractivity contribution in [2.45, 2.75) is 20.3 Å². The molecular weight excluding hydrogens is 266 g/mol. The highest BCUT2D eigenvalue weighted by Gasteiger charge is 2.18. The third-order valence-electron chi connectivity index (χ3n) is 2.58. The maximum absolute atomic E-state index is 14.0. The number of benzene rings is 1.